The van der Waals surface area contributed by atoms with Gasteiger partial charge < -0.3 is 15.0 Å². The zero-order valence-corrected chi connectivity index (χ0v) is 16.6. The van der Waals surface area contributed by atoms with Crippen molar-refractivity contribution in [1.29, 1.82) is 0 Å². The van der Waals surface area contributed by atoms with Crippen molar-refractivity contribution in [3.05, 3.63) is 0 Å². The number of rotatable bonds is 4. The normalized spacial score (nSPS) is 31.4. The molecule has 0 aromatic carbocycles. The summed E-state index contributed by atoms with van der Waals surface area (Å²) in [7, 11) is 0. The maximum absolute atomic E-state index is 6.16. The van der Waals surface area contributed by atoms with Gasteiger partial charge in [-0.1, -0.05) is 0 Å². The maximum Gasteiger partial charge on any atom is 0.193 e. The van der Waals surface area contributed by atoms with Gasteiger partial charge in [-0.25, -0.2) is 0 Å². The Balaban J connectivity index is 1.52. The lowest BCUT2D eigenvalue weighted by molar-refractivity contribution is -0.0773. The Hall–Kier alpha value is -0.850. The van der Waals surface area contributed by atoms with Crippen molar-refractivity contribution < 1.29 is 4.74 Å². The standard InChI is InChI=1S/C19H37N5O/c1-5-20-18(21-14-16-15-22-10-12-23(16)13-11-22)24-8-6-17(7-9-24)25-19(2,3)4/h16-17H,5-15H2,1-4H3,(H,20,21). The van der Waals surface area contributed by atoms with Gasteiger partial charge in [0, 0.05) is 58.4 Å². The van der Waals surface area contributed by atoms with E-state index in [1.807, 2.05) is 0 Å². The van der Waals surface area contributed by atoms with Crippen molar-refractivity contribution in [3.63, 3.8) is 0 Å². The molecule has 0 saturated carbocycles. The van der Waals surface area contributed by atoms with Crippen LogP contribution in [0.3, 0.4) is 0 Å². The van der Waals surface area contributed by atoms with E-state index < -0.39 is 0 Å². The molecule has 1 unspecified atom stereocenters. The number of hydrogen-bond donors (Lipinski definition) is 1. The topological polar surface area (TPSA) is 43.3 Å². The Labute approximate surface area is 153 Å². The van der Waals surface area contributed by atoms with Gasteiger partial charge in [0.25, 0.3) is 0 Å². The molecule has 4 fully saturated rings. The fourth-order valence-electron chi connectivity index (χ4n) is 4.20. The summed E-state index contributed by atoms with van der Waals surface area (Å²) < 4.78 is 6.16. The van der Waals surface area contributed by atoms with Crippen molar-refractivity contribution in [2.45, 2.75) is 58.3 Å². The van der Waals surface area contributed by atoms with Gasteiger partial charge in [-0.2, -0.15) is 0 Å². The molecule has 0 spiro atoms. The molecule has 0 amide bonds. The first-order valence-electron chi connectivity index (χ1n) is 10.1. The summed E-state index contributed by atoms with van der Waals surface area (Å²) in [6.07, 6.45) is 2.56. The number of nitrogens with one attached hydrogen (secondary N) is 1. The van der Waals surface area contributed by atoms with Gasteiger partial charge in [-0.15, -0.1) is 0 Å². The van der Waals surface area contributed by atoms with Crippen molar-refractivity contribution >= 4 is 5.96 Å². The van der Waals surface area contributed by atoms with Gasteiger partial charge >= 0.3 is 0 Å². The van der Waals surface area contributed by atoms with Gasteiger partial charge in [0.05, 0.1) is 18.2 Å². The summed E-state index contributed by atoms with van der Waals surface area (Å²) in [5.41, 5.74) is -0.0461. The molecule has 0 aromatic rings. The molecular formula is C19H37N5O. The molecule has 4 aliphatic rings. The van der Waals surface area contributed by atoms with Crippen LogP contribution in [0.1, 0.15) is 40.5 Å². The molecular weight excluding hydrogens is 314 g/mol. The predicted molar refractivity (Wildman–Crippen MR) is 103 cm³/mol. The zero-order valence-electron chi connectivity index (χ0n) is 16.6. The van der Waals surface area contributed by atoms with Crippen LogP contribution in [0.4, 0.5) is 0 Å². The number of ether oxygens (including phenoxy) is 1. The van der Waals surface area contributed by atoms with Crippen LogP contribution in [0.5, 0.6) is 0 Å². The molecule has 0 aliphatic carbocycles. The Morgan fingerprint density at radius 2 is 1.76 bits per heavy atom. The highest BCUT2D eigenvalue weighted by molar-refractivity contribution is 5.80. The lowest BCUT2D eigenvalue weighted by Gasteiger charge is -2.47. The van der Waals surface area contributed by atoms with Crippen LogP contribution in [0.15, 0.2) is 4.99 Å². The Morgan fingerprint density at radius 3 is 2.28 bits per heavy atom. The highest BCUT2D eigenvalue weighted by atomic mass is 16.5. The average Bonchev–Trinajstić information content (AvgIpc) is 2.59. The second kappa shape index (κ2) is 8.23. The van der Waals surface area contributed by atoms with E-state index in [2.05, 4.69) is 47.7 Å². The van der Waals surface area contributed by atoms with Crippen molar-refractivity contribution in [1.82, 2.24) is 20.0 Å². The third-order valence-corrected chi connectivity index (χ3v) is 5.44. The van der Waals surface area contributed by atoms with Crippen LogP contribution in [-0.2, 0) is 4.74 Å². The SMILES string of the molecule is CCNC(=NCC1CN2CCN1CC2)N1CCC(OC(C)(C)C)CC1. The third kappa shape index (κ3) is 5.31. The quantitative estimate of drug-likeness (QED) is 0.610. The summed E-state index contributed by atoms with van der Waals surface area (Å²) in [6, 6.07) is 0.595. The molecule has 6 nitrogen and oxygen atoms in total. The number of piperidine rings is 1. The lowest BCUT2D eigenvalue weighted by atomic mass is 10.1. The molecule has 25 heavy (non-hydrogen) atoms. The Morgan fingerprint density at radius 1 is 1.08 bits per heavy atom. The second-order valence-corrected chi connectivity index (χ2v) is 8.60. The number of piperazine rings is 3. The summed E-state index contributed by atoms with van der Waals surface area (Å²) in [6.45, 7) is 18.6. The first kappa shape index (κ1) is 18.9. The first-order valence-corrected chi connectivity index (χ1v) is 10.1. The fourth-order valence-corrected chi connectivity index (χ4v) is 4.20. The van der Waals surface area contributed by atoms with Crippen molar-refractivity contribution in [3.8, 4) is 0 Å². The van der Waals surface area contributed by atoms with Crippen LogP contribution in [0.2, 0.25) is 0 Å². The summed E-state index contributed by atoms with van der Waals surface area (Å²) in [4.78, 5) is 12.6. The van der Waals surface area contributed by atoms with E-state index >= 15 is 0 Å². The van der Waals surface area contributed by atoms with Crippen molar-refractivity contribution in [2.75, 3.05) is 58.9 Å². The average molecular weight is 352 g/mol. The van der Waals surface area contributed by atoms with Crippen LogP contribution in [0.25, 0.3) is 0 Å². The van der Waals surface area contributed by atoms with E-state index in [0.29, 0.717) is 12.1 Å². The smallest absolute Gasteiger partial charge is 0.193 e. The van der Waals surface area contributed by atoms with Gasteiger partial charge in [0.15, 0.2) is 5.96 Å². The van der Waals surface area contributed by atoms with Crippen molar-refractivity contribution in [2.24, 2.45) is 4.99 Å². The number of aliphatic imine (C=N–C) groups is 1. The largest absolute Gasteiger partial charge is 0.372 e. The summed E-state index contributed by atoms with van der Waals surface area (Å²) in [5, 5.41) is 3.50. The summed E-state index contributed by atoms with van der Waals surface area (Å²) >= 11 is 0. The molecule has 2 bridgehead atoms. The van der Waals surface area contributed by atoms with Gasteiger partial charge in [-0.05, 0) is 40.5 Å². The van der Waals surface area contributed by atoms with Crippen LogP contribution in [0, 0.1) is 0 Å². The third-order valence-electron chi connectivity index (χ3n) is 5.44. The van der Waals surface area contributed by atoms with Gasteiger partial charge in [0.1, 0.15) is 0 Å². The lowest BCUT2D eigenvalue weighted by Crippen LogP contribution is -2.62. The molecule has 0 aromatic heterocycles. The first-order chi connectivity index (χ1) is 11.9. The molecule has 4 heterocycles. The predicted octanol–water partition coefficient (Wildman–Crippen LogP) is 1.23. The summed E-state index contributed by atoms with van der Waals surface area (Å²) in [5.74, 6) is 1.09. The number of guanidine groups is 1. The van der Waals surface area contributed by atoms with Gasteiger partial charge in [0.2, 0.25) is 0 Å². The van der Waals surface area contributed by atoms with E-state index in [0.717, 1.165) is 45.0 Å². The fraction of sp³-hybridized carbons (Fsp3) is 0.947. The highest BCUT2D eigenvalue weighted by Crippen LogP contribution is 2.20. The molecule has 1 atom stereocenters. The molecule has 4 aliphatic heterocycles. The van der Waals surface area contributed by atoms with Gasteiger partial charge in [-0.3, -0.25) is 14.8 Å². The second-order valence-electron chi connectivity index (χ2n) is 8.60. The number of hydrogen-bond acceptors (Lipinski definition) is 4. The molecule has 0 radical (unpaired) electrons. The molecule has 144 valence electrons. The molecule has 1 N–H and O–H groups in total. The Kier molecular flexibility index (Phi) is 6.23. The highest BCUT2D eigenvalue weighted by Gasteiger charge is 2.32. The minimum absolute atomic E-state index is 0.0461. The van der Waals surface area contributed by atoms with E-state index in [1.165, 1.54) is 32.7 Å². The molecule has 6 heteroatoms. The monoisotopic (exact) mass is 351 g/mol. The van der Waals surface area contributed by atoms with Crippen LogP contribution in [-0.4, -0.2) is 97.3 Å². The zero-order chi connectivity index (χ0) is 17.9. The molecule has 4 saturated heterocycles. The maximum atomic E-state index is 6.16. The van der Waals surface area contributed by atoms with E-state index in [-0.39, 0.29) is 5.60 Å². The van der Waals surface area contributed by atoms with Crippen LogP contribution < -0.4 is 5.32 Å². The van der Waals surface area contributed by atoms with Crippen LogP contribution >= 0.6 is 0 Å². The van der Waals surface area contributed by atoms with E-state index in [9.17, 15) is 0 Å². The molecule has 4 rings (SSSR count). The van der Waals surface area contributed by atoms with E-state index in [4.69, 9.17) is 9.73 Å². The minimum atomic E-state index is -0.0461. The number of nitrogens with zero attached hydrogens (tertiary/aromatic N) is 4. The minimum Gasteiger partial charge on any atom is -0.372 e. The number of likely N-dealkylation sites (tertiary alicyclic amines) is 1. The Bertz CT molecular complexity index is 445. The van der Waals surface area contributed by atoms with E-state index in [1.54, 1.807) is 0 Å². The number of fused-ring (bicyclic) bond motifs is 3.